The normalized spacial score (nSPS) is 14.8. The standard InChI is InChI=1S/C23H26FN3O2/c1-23(2,3)29-22(28)26-20(12-25)10-17-7-5-16(11-21(17)24)15-6-8-18-13-27(4)14-19(18)9-15/h5-9,11,20H,10,13-14H2,1-4H3,(H,26,28)/t20-/m0/s1. The molecule has 152 valence electrons. The highest BCUT2D eigenvalue weighted by atomic mass is 19.1. The molecule has 2 aromatic rings. The van der Waals surface area contributed by atoms with Gasteiger partial charge in [0.15, 0.2) is 0 Å². The molecule has 29 heavy (non-hydrogen) atoms. The molecule has 1 aliphatic rings. The van der Waals surface area contributed by atoms with Crippen LogP contribution in [0, 0.1) is 17.1 Å². The number of alkyl carbamates (subject to hydrolysis) is 1. The lowest BCUT2D eigenvalue weighted by atomic mass is 9.98. The van der Waals surface area contributed by atoms with E-state index in [2.05, 4.69) is 29.4 Å². The minimum Gasteiger partial charge on any atom is -0.444 e. The first-order valence-corrected chi connectivity index (χ1v) is 9.63. The lowest BCUT2D eigenvalue weighted by molar-refractivity contribution is 0.0515. The Balaban J connectivity index is 1.72. The van der Waals surface area contributed by atoms with Gasteiger partial charge in [-0.25, -0.2) is 9.18 Å². The Morgan fingerprint density at radius 1 is 1.21 bits per heavy atom. The van der Waals surface area contributed by atoms with Crippen LogP contribution in [0.3, 0.4) is 0 Å². The van der Waals surface area contributed by atoms with Gasteiger partial charge in [-0.05, 0) is 67.8 Å². The van der Waals surface area contributed by atoms with Crippen LogP contribution in [-0.4, -0.2) is 29.7 Å². The van der Waals surface area contributed by atoms with Gasteiger partial charge < -0.3 is 10.1 Å². The van der Waals surface area contributed by atoms with Gasteiger partial charge in [0.2, 0.25) is 0 Å². The van der Waals surface area contributed by atoms with E-state index in [0.29, 0.717) is 5.56 Å². The Morgan fingerprint density at radius 3 is 2.52 bits per heavy atom. The summed E-state index contributed by atoms with van der Waals surface area (Å²) in [5, 5.41) is 11.8. The van der Waals surface area contributed by atoms with Crippen LogP contribution < -0.4 is 5.32 Å². The van der Waals surface area contributed by atoms with Crippen molar-refractivity contribution in [1.82, 2.24) is 10.2 Å². The molecule has 1 amide bonds. The maximum atomic E-state index is 14.7. The molecule has 0 bridgehead atoms. The minimum absolute atomic E-state index is 0.0663. The molecule has 1 N–H and O–H groups in total. The number of benzene rings is 2. The van der Waals surface area contributed by atoms with Gasteiger partial charge in [0.25, 0.3) is 0 Å². The molecule has 0 unspecified atom stereocenters. The van der Waals surface area contributed by atoms with Gasteiger partial charge in [-0.1, -0.05) is 24.3 Å². The van der Waals surface area contributed by atoms with Crippen molar-refractivity contribution in [3.05, 3.63) is 58.9 Å². The average molecular weight is 395 g/mol. The van der Waals surface area contributed by atoms with Gasteiger partial charge in [0.1, 0.15) is 17.5 Å². The minimum atomic E-state index is -0.874. The third-order valence-corrected chi connectivity index (χ3v) is 4.74. The predicted molar refractivity (Wildman–Crippen MR) is 109 cm³/mol. The molecule has 0 saturated carbocycles. The highest BCUT2D eigenvalue weighted by Crippen LogP contribution is 2.29. The fourth-order valence-corrected chi connectivity index (χ4v) is 3.44. The molecule has 0 fully saturated rings. The monoisotopic (exact) mass is 395 g/mol. The zero-order chi connectivity index (χ0) is 21.2. The number of nitrogens with zero attached hydrogens (tertiary/aromatic N) is 2. The summed E-state index contributed by atoms with van der Waals surface area (Å²) in [5.41, 5.74) is 4.03. The Hall–Kier alpha value is -2.91. The Kier molecular flexibility index (Phi) is 5.90. The molecule has 3 rings (SSSR count). The van der Waals surface area contributed by atoms with E-state index in [1.807, 2.05) is 18.2 Å². The topological polar surface area (TPSA) is 65.4 Å². The summed E-state index contributed by atoms with van der Waals surface area (Å²) in [6.45, 7) is 7.04. The quantitative estimate of drug-likeness (QED) is 0.833. The van der Waals surface area contributed by atoms with Crippen molar-refractivity contribution in [2.75, 3.05) is 7.05 Å². The summed E-state index contributed by atoms with van der Waals surface area (Å²) >= 11 is 0. The van der Waals surface area contributed by atoms with Crippen molar-refractivity contribution in [2.24, 2.45) is 0 Å². The number of fused-ring (bicyclic) bond motifs is 1. The Morgan fingerprint density at radius 2 is 1.86 bits per heavy atom. The molecule has 0 spiro atoms. The van der Waals surface area contributed by atoms with E-state index in [4.69, 9.17) is 4.74 Å². The summed E-state index contributed by atoms with van der Waals surface area (Å²) in [5.74, 6) is -0.397. The van der Waals surface area contributed by atoms with Crippen LogP contribution in [0.25, 0.3) is 11.1 Å². The zero-order valence-corrected chi connectivity index (χ0v) is 17.3. The van der Waals surface area contributed by atoms with Gasteiger partial charge >= 0.3 is 6.09 Å². The summed E-state index contributed by atoms with van der Waals surface area (Å²) in [7, 11) is 2.07. The molecule has 1 atom stereocenters. The first-order valence-electron chi connectivity index (χ1n) is 9.63. The molecule has 0 aromatic heterocycles. The van der Waals surface area contributed by atoms with Crippen LogP contribution in [0.1, 0.15) is 37.5 Å². The van der Waals surface area contributed by atoms with Crippen LogP contribution >= 0.6 is 0 Å². The van der Waals surface area contributed by atoms with Gasteiger partial charge in [0, 0.05) is 19.5 Å². The number of nitrogens with one attached hydrogen (secondary N) is 1. The highest BCUT2D eigenvalue weighted by molar-refractivity contribution is 5.69. The van der Waals surface area contributed by atoms with Crippen molar-refractivity contribution in [3.63, 3.8) is 0 Å². The summed E-state index contributed by atoms with van der Waals surface area (Å²) < 4.78 is 19.9. The summed E-state index contributed by atoms with van der Waals surface area (Å²) in [6.07, 6.45) is -0.624. The van der Waals surface area contributed by atoms with Gasteiger partial charge in [0.05, 0.1) is 6.07 Å². The maximum Gasteiger partial charge on any atom is 0.408 e. The molecule has 6 heteroatoms. The lowest BCUT2D eigenvalue weighted by Crippen LogP contribution is -2.39. The third kappa shape index (κ3) is 5.33. The van der Waals surface area contributed by atoms with Crippen LogP contribution in [-0.2, 0) is 24.2 Å². The maximum absolute atomic E-state index is 14.7. The van der Waals surface area contributed by atoms with E-state index in [0.717, 1.165) is 24.2 Å². The van der Waals surface area contributed by atoms with Gasteiger partial charge in [-0.3, -0.25) is 4.90 Å². The fourth-order valence-electron chi connectivity index (χ4n) is 3.44. The second-order valence-electron chi connectivity index (χ2n) is 8.49. The number of carbonyl (C=O) groups excluding carboxylic acids is 1. The highest BCUT2D eigenvalue weighted by Gasteiger charge is 2.21. The largest absolute Gasteiger partial charge is 0.444 e. The molecule has 5 nitrogen and oxygen atoms in total. The average Bonchev–Trinajstić information content (AvgIpc) is 3.00. The number of nitriles is 1. The van der Waals surface area contributed by atoms with Crippen molar-refractivity contribution < 1.29 is 13.9 Å². The Bertz CT molecular complexity index is 960. The number of hydrogen-bond acceptors (Lipinski definition) is 4. The van der Waals surface area contributed by atoms with E-state index in [-0.39, 0.29) is 6.42 Å². The molecular weight excluding hydrogens is 369 g/mol. The first kappa shape index (κ1) is 20.8. The van der Waals surface area contributed by atoms with E-state index >= 15 is 0 Å². The molecule has 0 saturated heterocycles. The molecular formula is C23H26FN3O2. The van der Waals surface area contributed by atoms with E-state index < -0.39 is 23.6 Å². The predicted octanol–water partition coefficient (Wildman–Crippen LogP) is 4.40. The number of rotatable bonds is 4. The molecule has 0 radical (unpaired) electrons. The van der Waals surface area contributed by atoms with Crippen molar-refractivity contribution >= 4 is 6.09 Å². The van der Waals surface area contributed by atoms with E-state index in [1.54, 1.807) is 26.8 Å². The SMILES string of the molecule is CN1Cc2ccc(-c3ccc(C[C@@H](C#N)NC(=O)OC(C)(C)C)c(F)c3)cc2C1. The van der Waals surface area contributed by atoms with Gasteiger partial charge in [-0.2, -0.15) is 5.26 Å². The van der Waals surface area contributed by atoms with Crippen LogP contribution in [0.5, 0.6) is 0 Å². The molecule has 1 heterocycles. The zero-order valence-electron chi connectivity index (χ0n) is 17.3. The second kappa shape index (κ2) is 8.22. The van der Waals surface area contributed by atoms with Crippen LogP contribution in [0.15, 0.2) is 36.4 Å². The number of ether oxygens (including phenoxy) is 1. The number of hydrogen-bond donors (Lipinski definition) is 1. The summed E-state index contributed by atoms with van der Waals surface area (Å²) in [6, 6.07) is 12.3. The number of carbonyl (C=O) groups is 1. The van der Waals surface area contributed by atoms with E-state index in [1.165, 1.54) is 17.2 Å². The Labute approximate surface area is 171 Å². The molecule has 2 aromatic carbocycles. The van der Waals surface area contributed by atoms with Gasteiger partial charge in [-0.15, -0.1) is 0 Å². The molecule has 0 aliphatic carbocycles. The molecule has 1 aliphatic heterocycles. The van der Waals surface area contributed by atoms with Crippen molar-refractivity contribution in [1.29, 1.82) is 5.26 Å². The fraction of sp³-hybridized carbons (Fsp3) is 0.391. The van der Waals surface area contributed by atoms with Crippen molar-refractivity contribution in [2.45, 2.75) is 51.9 Å². The van der Waals surface area contributed by atoms with Crippen LogP contribution in [0.4, 0.5) is 9.18 Å². The first-order chi connectivity index (χ1) is 13.6. The number of amides is 1. The third-order valence-electron chi connectivity index (χ3n) is 4.74. The second-order valence-corrected chi connectivity index (χ2v) is 8.49. The summed E-state index contributed by atoms with van der Waals surface area (Å²) in [4.78, 5) is 14.1. The van der Waals surface area contributed by atoms with Crippen molar-refractivity contribution in [3.8, 4) is 17.2 Å². The number of halogens is 1. The lowest BCUT2D eigenvalue weighted by Gasteiger charge is -2.21. The van der Waals surface area contributed by atoms with E-state index in [9.17, 15) is 14.4 Å². The smallest absolute Gasteiger partial charge is 0.408 e. The van der Waals surface area contributed by atoms with Crippen LogP contribution in [0.2, 0.25) is 0 Å².